The van der Waals surface area contributed by atoms with Gasteiger partial charge in [0.1, 0.15) is 0 Å². The Morgan fingerprint density at radius 3 is 2.86 bits per heavy atom. The fourth-order valence-electron chi connectivity index (χ4n) is 1.90. The topological polar surface area (TPSA) is 15.8 Å². The predicted molar refractivity (Wildman–Crippen MR) is 61.7 cm³/mol. The molecular formula is C13H15N. The van der Waals surface area contributed by atoms with Crippen LogP contribution in [-0.2, 0) is 6.42 Å². The maximum atomic E-state index is 3.79. The molecule has 1 N–H and O–H groups in total. The van der Waals surface area contributed by atoms with Gasteiger partial charge in [-0.15, -0.1) is 6.58 Å². The van der Waals surface area contributed by atoms with Gasteiger partial charge in [-0.2, -0.15) is 0 Å². The number of nitrogens with one attached hydrogen (secondary N) is 1. The summed E-state index contributed by atoms with van der Waals surface area (Å²) in [6, 6.07) is 6.51. The number of H-pyrrole nitrogens is 1. The van der Waals surface area contributed by atoms with Crippen LogP contribution in [0.3, 0.4) is 0 Å². The van der Waals surface area contributed by atoms with Crippen molar-refractivity contribution in [3.8, 4) is 0 Å². The summed E-state index contributed by atoms with van der Waals surface area (Å²) >= 11 is 0. The average Bonchev–Trinajstić information content (AvgIpc) is 2.45. The van der Waals surface area contributed by atoms with Gasteiger partial charge in [-0.1, -0.05) is 17.7 Å². The molecule has 0 unspecified atom stereocenters. The van der Waals surface area contributed by atoms with Crippen molar-refractivity contribution in [3.63, 3.8) is 0 Å². The molecule has 1 aromatic carbocycles. The minimum Gasteiger partial charge on any atom is -0.358 e. The molecule has 2 aromatic rings. The second-order valence-corrected chi connectivity index (χ2v) is 3.77. The Labute approximate surface area is 84.5 Å². The van der Waals surface area contributed by atoms with Gasteiger partial charge in [0.2, 0.25) is 0 Å². The van der Waals surface area contributed by atoms with Crippen LogP contribution in [0, 0.1) is 13.8 Å². The summed E-state index contributed by atoms with van der Waals surface area (Å²) in [5.74, 6) is 0. The highest BCUT2D eigenvalue weighted by Gasteiger charge is 2.06. The highest BCUT2D eigenvalue weighted by molar-refractivity contribution is 5.85. The van der Waals surface area contributed by atoms with Crippen molar-refractivity contribution in [2.24, 2.45) is 0 Å². The van der Waals surface area contributed by atoms with E-state index in [9.17, 15) is 0 Å². The fourth-order valence-corrected chi connectivity index (χ4v) is 1.90. The number of rotatable bonds is 2. The van der Waals surface area contributed by atoms with Crippen LogP contribution in [0.25, 0.3) is 10.9 Å². The fraction of sp³-hybridized carbons (Fsp3) is 0.231. The highest BCUT2D eigenvalue weighted by Crippen LogP contribution is 2.23. The van der Waals surface area contributed by atoms with E-state index >= 15 is 0 Å². The number of benzene rings is 1. The third-order valence-corrected chi connectivity index (χ3v) is 2.62. The van der Waals surface area contributed by atoms with Gasteiger partial charge in [0.05, 0.1) is 0 Å². The predicted octanol–water partition coefficient (Wildman–Crippen LogP) is 3.51. The number of allylic oxidation sites excluding steroid dienone is 1. The second kappa shape index (κ2) is 3.33. The van der Waals surface area contributed by atoms with Crippen molar-refractivity contribution in [3.05, 3.63) is 47.7 Å². The van der Waals surface area contributed by atoms with Crippen molar-refractivity contribution in [2.45, 2.75) is 20.3 Å². The van der Waals surface area contributed by atoms with Crippen LogP contribution in [0.2, 0.25) is 0 Å². The number of hydrogen-bond donors (Lipinski definition) is 1. The highest BCUT2D eigenvalue weighted by atomic mass is 14.7. The number of aryl methyl sites for hydroxylation is 2. The summed E-state index contributed by atoms with van der Waals surface area (Å²) in [6.45, 7) is 8.04. The lowest BCUT2D eigenvalue weighted by atomic mass is 10.1. The molecule has 1 nitrogen and oxygen atoms in total. The molecule has 0 atom stereocenters. The lowest BCUT2D eigenvalue weighted by Gasteiger charge is -1.97. The SMILES string of the molecule is C=CCc1c(C)[nH]c2ccc(C)cc12. The molecule has 0 aliphatic rings. The van der Waals surface area contributed by atoms with Crippen LogP contribution in [-0.4, -0.2) is 4.98 Å². The first-order chi connectivity index (χ1) is 6.72. The largest absolute Gasteiger partial charge is 0.358 e. The van der Waals surface area contributed by atoms with Gasteiger partial charge >= 0.3 is 0 Å². The Kier molecular flexibility index (Phi) is 2.16. The maximum Gasteiger partial charge on any atom is 0.0459 e. The minimum atomic E-state index is 0.940. The van der Waals surface area contributed by atoms with Crippen molar-refractivity contribution in [1.82, 2.24) is 4.98 Å². The Hall–Kier alpha value is -1.50. The van der Waals surface area contributed by atoms with E-state index < -0.39 is 0 Å². The first-order valence-corrected chi connectivity index (χ1v) is 4.91. The molecule has 0 amide bonds. The van der Waals surface area contributed by atoms with Crippen LogP contribution in [0.1, 0.15) is 16.8 Å². The van der Waals surface area contributed by atoms with E-state index in [4.69, 9.17) is 0 Å². The molecule has 0 radical (unpaired) electrons. The van der Waals surface area contributed by atoms with Gasteiger partial charge in [-0.3, -0.25) is 0 Å². The smallest absolute Gasteiger partial charge is 0.0459 e. The van der Waals surface area contributed by atoms with Gasteiger partial charge in [-0.25, -0.2) is 0 Å². The molecule has 0 aliphatic carbocycles. The molecule has 14 heavy (non-hydrogen) atoms. The van der Waals surface area contributed by atoms with E-state index in [0.717, 1.165) is 6.42 Å². The van der Waals surface area contributed by atoms with Crippen LogP contribution >= 0.6 is 0 Å². The molecule has 0 aliphatic heterocycles. The number of aromatic nitrogens is 1. The van der Waals surface area contributed by atoms with Crippen molar-refractivity contribution in [1.29, 1.82) is 0 Å². The Morgan fingerprint density at radius 1 is 1.36 bits per heavy atom. The first kappa shape index (κ1) is 9.07. The van der Waals surface area contributed by atoms with Crippen molar-refractivity contribution < 1.29 is 0 Å². The quantitative estimate of drug-likeness (QED) is 0.689. The van der Waals surface area contributed by atoms with Crippen LogP contribution in [0.4, 0.5) is 0 Å². The monoisotopic (exact) mass is 185 g/mol. The lowest BCUT2D eigenvalue weighted by Crippen LogP contribution is -1.82. The van der Waals surface area contributed by atoms with Crippen LogP contribution in [0.15, 0.2) is 30.9 Å². The molecule has 0 spiro atoms. The Morgan fingerprint density at radius 2 is 2.14 bits per heavy atom. The van der Waals surface area contributed by atoms with Crippen molar-refractivity contribution in [2.75, 3.05) is 0 Å². The molecule has 72 valence electrons. The summed E-state index contributed by atoms with van der Waals surface area (Å²) < 4.78 is 0. The zero-order valence-electron chi connectivity index (χ0n) is 8.72. The summed E-state index contributed by atoms with van der Waals surface area (Å²) in [4.78, 5) is 3.39. The molecule has 1 heterocycles. The zero-order valence-corrected chi connectivity index (χ0v) is 8.72. The maximum absolute atomic E-state index is 3.79. The van der Waals surface area contributed by atoms with E-state index in [2.05, 4.69) is 43.6 Å². The van der Waals surface area contributed by atoms with Gasteiger partial charge < -0.3 is 4.98 Å². The number of aromatic amines is 1. The normalized spacial score (nSPS) is 10.7. The Balaban J connectivity index is 2.72. The van der Waals surface area contributed by atoms with Gasteiger partial charge in [0.25, 0.3) is 0 Å². The third-order valence-electron chi connectivity index (χ3n) is 2.62. The summed E-state index contributed by atoms with van der Waals surface area (Å²) in [5, 5.41) is 1.34. The van der Waals surface area contributed by atoms with Gasteiger partial charge in [0, 0.05) is 16.6 Å². The molecule has 0 saturated heterocycles. The van der Waals surface area contributed by atoms with E-state index in [1.54, 1.807) is 0 Å². The molecule has 1 heteroatoms. The standard InChI is InChI=1S/C13H15N/c1-4-5-11-10(3)14-13-7-6-9(2)8-12(11)13/h4,6-8,14H,1,5H2,2-3H3. The number of hydrogen-bond acceptors (Lipinski definition) is 0. The lowest BCUT2D eigenvalue weighted by molar-refractivity contribution is 1.19. The van der Waals surface area contributed by atoms with Gasteiger partial charge in [0.15, 0.2) is 0 Å². The molecule has 1 aromatic heterocycles. The molecule has 2 rings (SSSR count). The molecule has 0 saturated carbocycles. The van der Waals surface area contributed by atoms with E-state index in [0.29, 0.717) is 0 Å². The van der Waals surface area contributed by atoms with E-state index in [1.165, 1.54) is 27.7 Å². The molecular weight excluding hydrogens is 170 g/mol. The molecule has 0 bridgehead atoms. The first-order valence-electron chi connectivity index (χ1n) is 4.91. The van der Waals surface area contributed by atoms with Crippen molar-refractivity contribution >= 4 is 10.9 Å². The minimum absolute atomic E-state index is 0.940. The second-order valence-electron chi connectivity index (χ2n) is 3.77. The van der Waals surface area contributed by atoms with Crippen LogP contribution in [0.5, 0.6) is 0 Å². The number of fused-ring (bicyclic) bond motifs is 1. The zero-order chi connectivity index (χ0) is 10.1. The third kappa shape index (κ3) is 1.35. The summed E-state index contributed by atoms with van der Waals surface area (Å²) in [6.07, 6.45) is 2.90. The Bertz CT molecular complexity index is 477. The van der Waals surface area contributed by atoms with E-state index in [-0.39, 0.29) is 0 Å². The molecule has 0 fully saturated rings. The summed E-state index contributed by atoms with van der Waals surface area (Å²) in [7, 11) is 0. The van der Waals surface area contributed by atoms with Crippen LogP contribution < -0.4 is 0 Å². The summed E-state index contributed by atoms with van der Waals surface area (Å²) in [5.41, 5.74) is 5.16. The average molecular weight is 185 g/mol. The van der Waals surface area contributed by atoms with E-state index in [1.807, 2.05) is 6.08 Å². The van der Waals surface area contributed by atoms with Gasteiger partial charge in [-0.05, 0) is 38.0 Å².